The van der Waals surface area contributed by atoms with Gasteiger partial charge in [-0.05, 0) is 37.2 Å². The molecule has 0 amide bonds. The second-order valence-electron chi connectivity index (χ2n) is 6.70. The van der Waals surface area contributed by atoms with Crippen molar-refractivity contribution in [1.82, 2.24) is 19.7 Å². The Balaban J connectivity index is 1.47. The summed E-state index contributed by atoms with van der Waals surface area (Å²) in [7, 11) is 2.01. The maximum Gasteiger partial charge on any atom is 0.138 e. The number of rotatable bonds is 9. The standard InChI is InChI=1S/C21H26N4O2/c1-17(19-8-10-20(11-9-19)25-16-22-15-23-25)24(2)12-21(26)14-27-13-18-6-4-3-5-7-18/h3-11,15-17,21,26H,12-14H2,1-2H3. The third-order valence-corrected chi connectivity index (χ3v) is 4.64. The number of aromatic nitrogens is 3. The van der Waals surface area contributed by atoms with E-state index in [1.165, 1.54) is 11.9 Å². The Hall–Kier alpha value is -2.54. The minimum atomic E-state index is -0.532. The first-order valence-corrected chi connectivity index (χ1v) is 9.08. The Labute approximate surface area is 160 Å². The lowest BCUT2D eigenvalue weighted by atomic mass is 10.1. The molecule has 2 atom stereocenters. The van der Waals surface area contributed by atoms with Crippen LogP contribution < -0.4 is 0 Å². The molecule has 0 aliphatic heterocycles. The minimum Gasteiger partial charge on any atom is -0.389 e. The highest BCUT2D eigenvalue weighted by Gasteiger charge is 2.16. The molecule has 0 bridgehead atoms. The van der Waals surface area contributed by atoms with Gasteiger partial charge in [0.15, 0.2) is 0 Å². The zero-order valence-corrected chi connectivity index (χ0v) is 15.8. The Kier molecular flexibility index (Phi) is 6.70. The van der Waals surface area contributed by atoms with Crippen molar-refractivity contribution in [2.45, 2.75) is 25.7 Å². The maximum atomic E-state index is 10.3. The Morgan fingerprint density at radius 3 is 2.52 bits per heavy atom. The molecule has 0 radical (unpaired) electrons. The minimum absolute atomic E-state index is 0.179. The predicted octanol–water partition coefficient (Wildman–Crippen LogP) is 2.84. The van der Waals surface area contributed by atoms with Crippen LogP contribution in [0.25, 0.3) is 5.69 Å². The molecular formula is C21H26N4O2. The fourth-order valence-corrected chi connectivity index (χ4v) is 2.93. The topological polar surface area (TPSA) is 63.4 Å². The van der Waals surface area contributed by atoms with Crippen LogP contribution in [0.3, 0.4) is 0 Å². The van der Waals surface area contributed by atoms with Gasteiger partial charge in [0.25, 0.3) is 0 Å². The van der Waals surface area contributed by atoms with Crippen molar-refractivity contribution in [2.75, 3.05) is 20.2 Å². The van der Waals surface area contributed by atoms with E-state index in [-0.39, 0.29) is 6.04 Å². The predicted molar refractivity (Wildman–Crippen MR) is 105 cm³/mol. The number of aliphatic hydroxyl groups is 1. The Bertz CT molecular complexity index is 791. The molecule has 6 nitrogen and oxygen atoms in total. The van der Waals surface area contributed by atoms with E-state index in [0.29, 0.717) is 19.8 Å². The third-order valence-electron chi connectivity index (χ3n) is 4.64. The van der Waals surface area contributed by atoms with Gasteiger partial charge in [-0.1, -0.05) is 42.5 Å². The molecular weight excluding hydrogens is 340 g/mol. The maximum absolute atomic E-state index is 10.3. The second kappa shape index (κ2) is 9.41. The van der Waals surface area contributed by atoms with E-state index < -0.39 is 6.10 Å². The molecule has 27 heavy (non-hydrogen) atoms. The van der Waals surface area contributed by atoms with Gasteiger partial charge in [-0.15, -0.1) is 0 Å². The first-order chi connectivity index (χ1) is 13.1. The zero-order valence-electron chi connectivity index (χ0n) is 15.8. The van der Waals surface area contributed by atoms with Gasteiger partial charge in [0.1, 0.15) is 12.7 Å². The number of aliphatic hydroxyl groups excluding tert-OH is 1. The molecule has 6 heteroatoms. The molecule has 0 saturated carbocycles. The number of likely N-dealkylation sites (N-methyl/N-ethyl adjacent to an activating group) is 1. The van der Waals surface area contributed by atoms with Crippen LogP contribution in [0, 0.1) is 0 Å². The van der Waals surface area contributed by atoms with Gasteiger partial charge in [0, 0.05) is 12.6 Å². The van der Waals surface area contributed by atoms with Crippen LogP contribution in [0.2, 0.25) is 0 Å². The van der Waals surface area contributed by atoms with E-state index in [9.17, 15) is 5.11 Å². The summed E-state index contributed by atoms with van der Waals surface area (Å²) in [6.45, 7) is 3.50. The second-order valence-corrected chi connectivity index (χ2v) is 6.70. The van der Waals surface area contributed by atoms with Gasteiger partial charge in [-0.3, -0.25) is 4.90 Å². The van der Waals surface area contributed by atoms with Gasteiger partial charge in [-0.25, -0.2) is 9.67 Å². The van der Waals surface area contributed by atoms with E-state index in [2.05, 4.69) is 34.0 Å². The molecule has 1 heterocycles. The average molecular weight is 366 g/mol. The van der Waals surface area contributed by atoms with Crippen LogP contribution in [0.4, 0.5) is 0 Å². The van der Waals surface area contributed by atoms with Crippen LogP contribution in [0.1, 0.15) is 24.1 Å². The Morgan fingerprint density at radius 2 is 1.85 bits per heavy atom. The number of benzene rings is 2. The van der Waals surface area contributed by atoms with Gasteiger partial charge in [0.05, 0.1) is 25.0 Å². The lowest BCUT2D eigenvalue weighted by molar-refractivity contribution is 0.00853. The monoisotopic (exact) mass is 366 g/mol. The molecule has 3 rings (SSSR count). The van der Waals surface area contributed by atoms with Crippen molar-refractivity contribution in [1.29, 1.82) is 0 Å². The van der Waals surface area contributed by atoms with Gasteiger partial charge < -0.3 is 9.84 Å². The van der Waals surface area contributed by atoms with Crippen LogP contribution in [0.5, 0.6) is 0 Å². The van der Waals surface area contributed by atoms with Crippen LogP contribution in [-0.4, -0.2) is 51.1 Å². The van der Waals surface area contributed by atoms with Crippen molar-refractivity contribution in [3.05, 3.63) is 78.4 Å². The first kappa shape index (κ1) is 19.2. The summed E-state index contributed by atoms with van der Waals surface area (Å²) in [5.74, 6) is 0. The van der Waals surface area contributed by atoms with E-state index in [1.807, 2.05) is 49.5 Å². The fraction of sp³-hybridized carbons (Fsp3) is 0.333. The summed E-state index contributed by atoms with van der Waals surface area (Å²) in [5.41, 5.74) is 3.26. The van der Waals surface area contributed by atoms with Crippen molar-refractivity contribution < 1.29 is 9.84 Å². The summed E-state index contributed by atoms with van der Waals surface area (Å²) in [4.78, 5) is 6.09. The average Bonchev–Trinajstić information content (AvgIpc) is 3.23. The molecule has 0 spiro atoms. The van der Waals surface area contributed by atoms with Crippen molar-refractivity contribution in [3.8, 4) is 5.69 Å². The quantitative estimate of drug-likeness (QED) is 0.631. The van der Waals surface area contributed by atoms with Crippen LogP contribution >= 0.6 is 0 Å². The third kappa shape index (κ3) is 5.47. The Morgan fingerprint density at radius 1 is 1.11 bits per heavy atom. The molecule has 0 aliphatic carbocycles. The lowest BCUT2D eigenvalue weighted by Crippen LogP contribution is -2.34. The van der Waals surface area contributed by atoms with Gasteiger partial charge >= 0.3 is 0 Å². The molecule has 2 aromatic carbocycles. The fourth-order valence-electron chi connectivity index (χ4n) is 2.93. The van der Waals surface area contributed by atoms with Crippen molar-refractivity contribution >= 4 is 0 Å². The molecule has 142 valence electrons. The summed E-state index contributed by atoms with van der Waals surface area (Å²) >= 11 is 0. The summed E-state index contributed by atoms with van der Waals surface area (Å²) in [5, 5.41) is 14.4. The highest BCUT2D eigenvalue weighted by atomic mass is 16.5. The smallest absolute Gasteiger partial charge is 0.138 e. The lowest BCUT2D eigenvalue weighted by Gasteiger charge is -2.27. The normalized spacial score (nSPS) is 13.6. The molecule has 0 saturated heterocycles. The highest BCUT2D eigenvalue weighted by molar-refractivity contribution is 5.34. The summed E-state index contributed by atoms with van der Waals surface area (Å²) < 4.78 is 7.36. The summed E-state index contributed by atoms with van der Waals surface area (Å²) in [6, 6.07) is 18.4. The molecule has 0 fully saturated rings. The van der Waals surface area contributed by atoms with Crippen LogP contribution in [-0.2, 0) is 11.3 Å². The number of hydrogen-bond donors (Lipinski definition) is 1. The van der Waals surface area contributed by atoms with Crippen molar-refractivity contribution in [3.63, 3.8) is 0 Å². The molecule has 3 aromatic rings. The van der Waals surface area contributed by atoms with E-state index in [4.69, 9.17) is 4.74 Å². The number of ether oxygens (including phenoxy) is 1. The number of nitrogens with zero attached hydrogens (tertiary/aromatic N) is 4. The molecule has 0 aliphatic rings. The zero-order chi connectivity index (χ0) is 19.1. The van der Waals surface area contributed by atoms with Crippen LogP contribution in [0.15, 0.2) is 67.3 Å². The molecule has 1 N–H and O–H groups in total. The first-order valence-electron chi connectivity index (χ1n) is 9.08. The highest BCUT2D eigenvalue weighted by Crippen LogP contribution is 2.20. The largest absolute Gasteiger partial charge is 0.389 e. The van der Waals surface area contributed by atoms with E-state index in [1.54, 1.807) is 11.0 Å². The van der Waals surface area contributed by atoms with Gasteiger partial charge in [-0.2, -0.15) is 5.10 Å². The van der Waals surface area contributed by atoms with E-state index in [0.717, 1.165) is 11.3 Å². The van der Waals surface area contributed by atoms with Gasteiger partial charge in [0.2, 0.25) is 0 Å². The van der Waals surface area contributed by atoms with E-state index >= 15 is 0 Å². The number of hydrogen-bond acceptors (Lipinski definition) is 5. The molecule has 1 aromatic heterocycles. The molecule has 2 unspecified atom stereocenters. The van der Waals surface area contributed by atoms with Crippen molar-refractivity contribution in [2.24, 2.45) is 0 Å². The summed E-state index contributed by atoms with van der Waals surface area (Å²) in [6.07, 6.45) is 2.66. The SMILES string of the molecule is CC(c1ccc(-n2cncn2)cc1)N(C)CC(O)COCc1ccccc1.